The summed E-state index contributed by atoms with van der Waals surface area (Å²) in [6.07, 6.45) is 0. The summed E-state index contributed by atoms with van der Waals surface area (Å²) in [5.41, 5.74) is 4.52. The SMILES string of the molecule is CN1C(=O)c2[nH]nc(-c3ccccc3)c2C1c1ccccc1. The van der Waals surface area contributed by atoms with Gasteiger partial charge in [0.15, 0.2) is 0 Å². The van der Waals surface area contributed by atoms with Gasteiger partial charge in [0.05, 0.1) is 11.7 Å². The minimum atomic E-state index is -0.0994. The number of carbonyl (C=O) groups is 1. The van der Waals surface area contributed by atoms with Crippen LogP contribution in [0.15, 0.2) is 60.7 Å². The van der Waals surface area contributed by atoms with Gasteiger partial charge in [0.1, 0.15) is 5.69 Å². The standard InChI is InChI=1S/C18H15N3O/c1-21-17(13-10-6-3-7-11-13)14-15(12-8-4-2-5-9-12)19-20-16(14)18(21)22/h2-11,17H,1H3,(H,19,20). The molecule has 1 amide bonds. The molecule has 1 aromatic heterocycles. The van der Waals surface area contributed by atoms with Gasteiger partial charge in [0, 0.05) is 18.2 Å². The molecule has 4 heteroatoms. The third-order valence-corrected chi connectivity index (χ3v) is 4.16. The second kappa shape index (κ2) is 4.84. The molecule has 4 nitrogen and oxygen atoms in total. The van der Waals surface area contributed by atoms with Crippen LogP contribution in [-0.2, 0) is 0 Å². The summed E-state index contributed by atoms with van der Waals surface area (Å²) < 4.78 is 0. The maximum atomic E-state index is 12.5. The zero-order valence-electron chi connectivity index (χ0n) is 12.2. The number of benzene rings is 2. The molecule has 22 heavy (non-hydrogen) atoms. The zero-order chi connectivity index (χ0) is 15.1. The summed E-state index contributed by atoms with van der Waals surface area (Å²) in [6.45, 7) is 0. The normalized spacial score (nSPS) is 16.9. The van der Waals surface area contributed by atoms with E-state index in [0.717, 1.165) is 22.4 Å². The number of amides is 1. The van der Waals surface area contributed by atoms with Gasteiger partial charge < -0.3 is 4.90 Å². The maximum absolute atomic E-state index is 12.5. The van der Waals surface area contributed by atoms with Gasteiger partial charge >= 0.3 is 0 Å². The van der Waals surface area contributed by atoms with E-state index in [-0.39, 0.29) is 11.9 Å². The lowest BCUT2D eigenvalue weighted by Crippen LogP contribution is -2.24. The van der Waals surface area contributed by atoms with Crippen LogP contribution in [0.4, 0.5) is 0 Å². The third kappa shape index (κ3) is 1.77. The van der Waals surface area contributed by atoms with E-state index in [1.54, 1.807) is 4.90 Å². The first-order valence-corrected chi connectivity index (χ1v) is 7.23. The van der Waals surface area contributed by atoms with Crippen molar-refractivity contribution in [2.24, 2.45) is 0 Å². The Bertz CT molecular complexity index is 824. The third-order valence-electron chi connectivity index (χ3n) is 4.16. The van der Waals surface area contributed by atoms with Crippen molar-refractivity contribution >= 4 is 5.91 Å². The second-order valence-corrected chi connectivity index (χ2v) is 5.46. The van der Waals surface area contributed by atoms with Crippen molar-refractivity contribution in [1.29, 1.82) is 0 Å². The van der Waals surface area contributed by atoms with Crippen LogP contribution in [0.3, 0.4) is 0 Å². The molecular formula is C18H15N3O. The van der Waals surface area contributed by atoms with E-state index < -0.39 is 0 Å². The lowest BCUT2D eigenvalue weighted by Gasteiger charge is -2.21. The van der Waals surface area contributed by atoms with Crippen molar-refractivity contribution in [2.45, 2.75) is 6.04 Å². The molecule has 2 heterocycles. The van der Waals surface area contributed by atoms with Gasteiger partial charge in [-0.1, -0.05) is 60.7 Å². The van der Waals surface area contributed by atoms with E-state index in [1.807, 2.05) is 67.7 Å². The van der Waals surface area contributed by atoms with E-state index in [1.165, 1.54) is 0 Å². The smallest absolute Gasteiger partial charge is 0.272 e. The van der Waals surface area contributed by atoms with Gasteiger partial charge in [-0.2, -0.15) is 5.10 Å². The molecule has 0 aliphatic carbocycles. The Kier molecular flexibility index (Phi) is 2.82. The average molecular weight is 289 g/mol. The Hall–Kier alpha value is -2.88. The number of nitrogens with zero attached hydrogens (tertiary/aromatic N) is 2. The van der Waals surface area contributed by atoms with Crippen LogP contribution >= 0.6 is 0 Å². The van der Waals surface area contributed by atoms with Crippen molar-refractivity contribution in [2.75, 3.05) is 7.05 Å². The molecule has 1 N–H and O–H groups in total. The van der Waals surface area contributed by atoms with Crippen molar-refractivity contribution in [3.8, 4) is 11.3 Å². The van der Waals surface area contributed by atoms with Gasteiger partial charge in [0.25, 0.3) is 5.91 Å². The first-order valence-electron chi connectivity index (χ1n) is 7.23. The fraction of sp³-hybridized carbons (Fsp3) is 0.111. The molecule has 1 unspecified atom stereocenters. The lowest BCUT2D eigenvalue weighted by molar-refractivity contribution is 0.0788. The molecule has 0 fully saturated rings. The topological polar surface area (TPSA) is 49.0 Å². The van der Waals surface area contributed by atoms with E-state index in [9.17, 15) is 4.79 Å². The molecule has 1 aliphatic rings. The van der Waals surface area contributed by atoms with Crippen molar-refractivity contribution < 1.29 is 4.79 Å². The van der Waals surface area contributed by atoms with E-state index in [4.69, 9.17) is 0 Å². The minimum Gasteiger partial charge on any atom is -0.329 e. The average Bonchev–Trinajstić information content (AvgIpc) is 3.10. The monoisotopic (exact) mass is 289 g/mol. The highest BCUT2D eigenvalue weighted by atomic mass is 16.2. The Morgan fingerprint density at radius 3 is 2.32 bits per heavy atom. The van der Waals surface area contributed by atoms with E-state index >= 15 is 0 Å². The Morgan fingerprint density at radius 2 is 1.64 bits per heavy atom. The van der Waals surface area contributed by atoms with E-state index in [0.29, 0.717) is 5.69 Å². The van der Waals surface area contributed by atoms with Crippen LogP contribution in [0.5, 0.6) is 0 Å². The quantitative estimate of drug-likeness (QED) is 0.787. The van der Waals surface area contributed by atoms with Crippen LogP contribution in [0, 0.1) is 0 Å². The van der Waals surface area contributed by atoms with E-state index in [2.05, 4.69) is 10.2 Å². The van der Waals surface area contributed by atoms with Gasteiger partial charge in [-0.25, -0.2) is 0 Å². The number of aromatic amines is 1. The predicted octanol–water partition coefficient (Wildman–Crippen LogP) is 3.25. The van der Waals surface area contributed by atoms with Crippen LogP contribution < -0.4 is 0 Å². The van der Waals surface area contributed by atoms with Crippen LogP contribution in [0.2, 0.25) is 0 Å². The number of hydrogen-bond acceptors (Lipinski definition) is 2. The highest BCUT2D eigenvalue weighted by Gasteiger charge is 2.39. The van der Waals surface area contributed by atoms with Gasteiger partial charge in [0.2, 0.25) is 0 Å². The molecule has 0 radical (unpaired) electrons. The molecule has 0 bridgehead atoms. The summed E-state index contributed by atoms with van der Waals surface area (Å²) in [4.78, 5) is 14.2. The summed E-state index contributed by atoms with van der Waals surface area (Å²) in [5, 5.41) is 7.32. The number of carbonyl (C=O) groups excluding carboxylic acids is 1. The maximum Gasteiger partial charge on any atom is 0.272 e. The fourth-order valence-corrected chi connectivity index (χ4v) is 3.11. The Labute approximate surface area is 128 Å². The molecule has 1 aliphatic heterocycles. The van der Waals surface area contributed by atoms with Crippen molar-refractivity contribution in [3.05, 3.63) is 77.5 Å². The molecule has 2 aromatic carbocycles. The molecule has 108 valence electrons. The molecule has 0 saturated heterocycles. The second-order valence-electron chi connectivity index (χ2n) is 5.46. The van der Waals surface area contributed by atoms with Crippen molar-refractivity contribution in [3.63, 3.8) is 0 Å². The van der Waals surface area contributed by atoms with Crippen molar-refractivity contribution in [1.82, 2.24) is 15.1 Å². The molecular weight excluding hydrogens is 274 g/mol. The molecule has 1 atom stereocenters. The van der Waals surface area contributed by atoms with Gasteiger partial charge in [-0.3, -0.25) is 9.89 Å². The predicted molar refractivity (Wildman–Crippen MR) is 84.4 cm³/mol. The number of fused-ring (bicyclic) bond motifs is 1. The van der Waals surface area contributed by atoms with Gasteiger partial charge in [-0.05, 0) is 5.56 Å². The van der Waals surface area contributed by atoms with Crippen LogP contribution in [-0.4, -0.2) is 28.1 Å². The molecule has 0 spiro atoms. The minimum absolute atomic E-state index is 0.0152. The number of rotatable bonds is 2. The van der Waals surface area contributed by atoms with Crippen LogP contribution in [0.25, 0.3) is 11.3 Å². The zero-order valence-corrected chi connectivity index (χ0v) is 12.2. The number of nitrogens with one attached hydrogen (secondary N) is 1. The summed E-state index contributed by atoms with van der Waals surface area (Å²) in [7, 11) is 1.84. The Morgan fingerprint density at radius 1 is 1.00 bits per heavy atom. The number of aromatic nitrogens is 2. The summed E-state index contributed by atoms with van der Waals surface area (Å²) in [5.74, 6) is -0.0152. The number of hydrogen-bond donors (Lipinski definition) is 1. The highest BCUT2D eigenvalue weighted by Crippen LogP contribution is 2.41. The summed E-state index contributed by atoms with van der Waals surface area (Å²) >= 11 is 0. The largest absolute Gasteiger partial charge is 0.329 e. The first-order chi connectivity index (χ1) is 10.8. The molecule has 4 rings (SSSR count). The Balaban J connectivity index is 1.92. The summed E-state index contributed by atoms with van der Waals surface area (Å²) in [6, 6.07) is 19.9. The fourth-order valence-electron chi connectivity index (χ4n) is 3.11. The van der Waals surface area contributed by atoms with Gasteiger partial charge in [-0.15, -0.1) is 0 Å². The highest BCUT2D eigenvalue weighted by molar-refractivity contribution is 5.99. The molecule has 0 saturated carbocycles. The molecule has 3 aromatic rings. The first kappa shape index (κ1) is 12.8. The lowest BCUT2D eigenvalue weighted by atomic mass is 9.96. The van der Waals surface area contributed by atoms with Crippen LogP contribution in [0.1, 0.15) is 27.7 Å². The number of H-pyrrole nitrogens is 1.